The summed E-state index contributed by atoms with van der Waals surface area (Å²) >= 11 is 6.30. The van der Waals surface area contributed by atoms with E-state index in [0.29, 0.717) is 3.95 Å². The lowest BCUT2D eigenvalue weighted by atomic mass is 10.4. The molecule has 0 unspecified atom stereocenters. The zero-order valence-corrected chi connectivity index (χ0v) is 7.52. The zero-order chi connectivity index (χ0) is 8.39. The predicted molar refractivity (Wildman–Crippen MR) is 48.3 cm³/mol. The van der Waals surface area contributed by atoms with Crippen molar-refractivity contribution in [3.8, 4) is 10.6 Å². The Labute approximate surface area is 77.3 Å². The highest BCUT2D eigenvalue weighted by molar-refractivity contribution is 7.73. The molecule has 2 aromatic rings. The van der Waals surface area contributed by atoms with Crippen LogP contribution in [0.5, 0.6) is 0 Å². The molecule has 0 atom stereocenters. The minimum atomic E-state index is 0.661. The summed E-state index contributed by atoms with van der Waals surface area (Å²) in [6, 6.07) is 0. The van der Waals surface area contributed by atoms with Crippen LogP contribution in [0, 0.1) is 3.95 Å². The van der Waals surface area contributed by atoms with Crippen molar-refractivity contribution in [2.24, 2.45) is 0 Å². The van der Waals surface area contributed by atoms with Crippen molar-refractivity contribution in [2.45, 2.75) is 0 Å². The van der Waals surface area contributed by atoms with E-state index in [9.17, 15) is 0 Å². The Morgan fingerprint density at radius 2 is 2.08 bits per heavy atom. The maximum Gasteiger partial charge on any atom is 0.176 e. The molecule has 0 aliphatic carbocycles. The molecule has 12 heavy (non-hydrogen) atoms. The van der Waals surface area contributed by atoms with Crippen LogP contribution in [0.25, 0.3) is 10.6 Å². The monoisotopic (exact) mass is 196 g/mol. The molecule has 0 aromatic carbocycles. The predicted octanol–water partition coefficient (Wildman–Crippen LogP) is 1.66. The van der Waals surface area contributed by atoms with Crippen LogP contribution in [-0.2, 0) is 0 Å². The summed E-state index contributed by atoms with van der Waals surface area (Å²) in [6.45, 7) is 0. The van der Waals surface area contributed by atoms with Gasteiger partial charge in [-0.2, -0.15) is 5.10 Å². The Hall–Kier alpha value is -1.14. The molecule has 0 bridgehead atoms. The Balaban J connectivity index is 2.51. The van der Waals surface area contributed by atoms with Gasteiger partial charge >= 0.3 is 0 Å². The fourth-order valence-electron chi connectivity index (χ4n) is 0.763. The Morgan fingerprint density at radius 3 is 2.67 bits per heavy atom. The van der Waals surface area contributed by atoms with Crippen LogP contribution in [0.15, 0.2) is 18.7 Å². The highest BCUT2D eigenvalue weighted by Gasteiger charge is 2.00. The van der Waals surface area contributed by atoms with Gasteiger partial charge < -0.3 is 0 Å². The fourth-order valence-corrected chi connectivity index (χ4v) is 1.63. The third-order valence-corrected chi connectivity index (χ3v) is 2.38. The van der Waals surface area contributed by atoms with Gasteiger partial charge in [0.25, 0.3) is 0 Å². The topological polar surface area (TPSA) is 54.5 Å². The van der Waals surface area contributed by atoms with Gasteiger partial charge in [0.1, 0.15) is 11.3 Å². The summed E-state index contributed by atoms with van der Waals surface area (Å²) < 4.78 is 0.661. The van der Waals surface area contributed by atoms with Crippen molar-refractivity contribution in [3.05, 3.63) is 22.7 Å². The molecule has 2 aromatic heterocycles. The van der Waals surface area contributed by atoms with Crippen molar-refractivity contribution in [2.75, 3.05) is 0 Å². The lowest BCUT2D eigenvalue weighted by molar-refractivity contribution is 1.07. The smallest absolute Gasteiger partial charge is 0.176 e. The first-order valence-corrected chi connectivity index (χ1v) is 4.39. The third kappa shape index (κ3) is 1.39. The molecule has 0 fully saturated rings. The van der Waals surface area contributed by atoms with Gasteiger partial charge in [0.15, 0.2) is 3.95 Å². The molecule has 60 valence electrons. The molecular formula is C6H4N4S2. The van der Waals surface area contributed by atoms with Crippen molar-refractivity contribution in [1.29, 1.82) is 0 Å². The van der Waals surface area contributed by atoms with Crippen molar-refractivity contribution in [3.63, 3.8) is 0 Å². The number of H-pyrrole nitrogens is 1. The van der Waals surface area contributed by atoms with Gasteiger partial charge in [0, 0.05) is 18.0 Å². The molecule has 0 radical (unpaired) electrons. The Morgan fingerprint density at radius 1 is 1.33 bits per heavy atom. The molecule has 0 aliphatic heterocycles. The molecule has 4 nitrogen and oxygen atoms in total. The van der Waals surface area contributed by atoms with E-state index in [1.165, 1.54) is 17.7 Å². The van der Waals surface area contributed by atoms with E-state index in [-0.39, 0.29) is 0 Å². The van der Waals surface area contributed by atoms with E-state index >= 15 is 0 Å². The summed E-state index contributed by atoms with van der Waals surface area (Å²) in [6.07, 6.45) is 4.89. The molecule has 0 amide bonds. The zero-order valence-electron chi connectivity index (χ0n) is 5.89. The minimum Gasteiger partial charge on any atom is -0.258 e. The second-order valence-corrected chi connectivity index (χ2v) is 3.71. The molecule has 1 N–H and O–H groups in total. The second kappa shape index (κ2) is 3.08. The van der Waals surface area contributed by atoms with E-state index in [1.807, 2.05) is 0 Å². The van der Waals surface area contributed by atoms with Gasteiger partial charge in [0.05, 0.1) is 0 Å². The van der Waals surface area contributed by atoms with Crippen molar-refractivity contribution in [1.82, 2.24) is 20.2 Å². The molecule has 2 heterocycles. The fraction of sp³-hybridized carbons (Fsp3) is 0. The first kappa shape index (κ1) is 7.51. The maximum atomic E-state index is 4.89. The summed E-state index contributed by atoms with van der Waals surface area (Å²) in [5, 5.41) is 7.51. The van der Waals surface area contributed by atoms with E-state index in [1.54, 1.807) is 12.4 Å². The van der Waals surface area contributed by atoms with Crippen molar-refractivity contribution >= 4 is 23.6 Å². The number of aromatic nitrogens is 4. The van der Waals surface area contributed by atoms with Crippen LogP contribution in [0.2, 0.25) is 0 Å². The molecule has 0 spiro atoms. The second-order valence-electron chi connectivity index (χ2n) is 2.05. The quantitative estimate of drug-likeness (QED) is 0.705. The van der Waals surface area contributed by atoms with E-state index in [2.05, 4.69) is 20.2 Å². The van der Waals surface area contributed by atoms with Gasteiger partial charge in [-0.1, -0.05) is 11.3 Å². The normalized spacial score (nSPS) is 10.0. The van der Waals surface area contributed by atoms with E-state index < -0.39 is 0 Å². The van der Waals surface area contributed by atoms with E-state index in [4.69, 9.17) is 12.2 Å². The summed E-state index contributed by atoms with van der Waals surface area (Å²) in [5.41, 5.74) is 0.884. The maximum absolute atomic E-state index is 4.89. The molecule has 2 rings (SSSR count). The third-order valence-electron chi connectivity index (χ3n) is 1.25. The van der Waals surface area contributed by atoms with Gasteiger partial charge in [0.2, 0.25) is 0 Å². The van der Waals surface area contributed by atoms with Crippen LogP contribution in [-0.4, -0.2) is 20.2 Å². The standard InChI is InChI=1S/C6H4N4S2/c11-6-10-9-5(12-6)4-1-7-3-8-2-4/h1-3H,(H,10,11). The average Bonchev–Trinajstić information content (AvgIpc) is 2.54. The number of nitrogens with zero attached hydrogens (tertiary/aromatic N) is 3. The number of aromatic amines is 1. The first-order chi connectivity index (χ1) is 5.86. The number of rotatable bonds is 1. The largest absolute Gasteiger partial charge is 0.258 e. The van der Waals surface area contributed by atoms with Crippen molar-refractivity contribution < 1.29 is 0 Å². The number of hydrogen-bond acceptors (Lipinski definition) is 5. The van der Waals surface area contributed by atoms with Gasteiger partial charge in [-0.25, -0.2) is 9.97 Å². The SMILES string of the molecule is S=c1[nH]nc(-c2cncnc2)s1. The average molecular weight is 196 g/mol. The minimum absolute atomic E-state index is 0.661. The van der Waals surface area contributed by atoms with Crippen LogP contribution >= 0.6 is 23.6 Å². The van der Waals surface area contributed by atoms with E-state index in [0.717, 1.165) is 10.6 Å². The summed E-state index contributed by atoms with van der Waals surface area (Å²) in [5.74, 6) is 0. The molecular weight excluding hydrogens is 192 g/mol. The van der Waals surface area contributed by atoms with Gasteiger partial charge in [-0.15, -0.1) is 0 Å². The molecule has 6 heteroatoms. The molecule has 0 aliphatic rings. The van der Waals surface area contributed by atoms with Gasteiger partial charge in [-0.3, -0.25) is 5.10 Å². The van der Waals surface area contributed by atoms with Crippen LogP contribution < -0.4 is 0 Å². The summed E-state index contributed by atoms with van der Waals surface area (Å²) in [4.78, 5) is 7.76. The molecule has 0 saturated heterocycles. The first-order valence-electron chi connectivity index (χ1n) is 3.17. The van der Waals surface area contributed by atoms with Crippen LogP contribution in [0.3, 0.4) is 0 Å². The van der Waals surface area contributed by atoms with Gasteiger partial charge in [-0.05, 0) is 12.2 Å². The lowest BCUT2D eigenvalue weighted by Gasteiger charge is -1.89. The number of hydrogen-bond donors (Lipinski definition) is 1. The highest BCUT2D eigenvalue weighted by atomic mass is 32.1. The summed E-state index contributed by atoms with van der Waals surface area (Å²) in [7, 11) is 0. The Kier molecular flexibility index (Phi) is 1.92. The highest BCUT2D eigenvalue weighted by Crippen LogP contribution is 2.18. The lowest BCUT2D eigenvalue weighted by Crippen LogP contribution is -1.80. The van der Waals surface area contributed by atoms with Crippen LogP contribution in [0.1, 0.15) is 0 Å². The van der Waals surface area contributed by atoms with Crippen LogP contribution in [0.4, 0.5) is 0 Å². The number of nitrogens with one attached hydrogen (secondary N) is 1. The Bertz CT molecular complexity index is 418. The molecule has 0 saturated carbocycles.